The van der Waals surface area contributed by atoms with Gasteiger partial charge in [0.2, 0.25) is 5.91 Å². The number of fused-ring (bicyclic) bond motifs is 1. The molecule has 3 rings (SSSR count). The Balaban J connectivity index is 1.74. The maximum Gasteiger partial charge on any atom is 0.241 e. The molecule has 0 saturated carbocycles. The summed E-state index contributed by atoms with van der Waals surface area (Å²) in [6.45, 7) is 4.80. The van der Waals surface area contributed by atoms with Crippen molar-refractivity contribution >= 4 is 11.6 Å². The number of benzene rings is 2. The smallest absolute Gasteiger partial charge is 0.241 e. The fraction of sp³-hybridized carbons (Fsp3) is 0.278. The van der Waals surface area contributed by atoms with Gasteiger partial charge in [-0.1, -0.05) is 36.4 Å². The van der Waals surface area contributed by atoms with Gasteiger partial charge in [-0.2, -0.15) is 0 Å². The van der Waals surface area contributed by atoms with Crippen LogP contribution in [0, 0.1) is 13.8 Å². The molecule has 0 spiro atoms. The van der Waals surface area contributed by atoms with Crippen LogP contribution in [0.3, 0.4) is 0 Å². The minimum atomic E-state index is -0.167. The van der Waals surface area contributed by atoms with Crippen molar-refractivity contribution in [3.05, 3.63) is 64.7 Å². The first-order valence-corrected chi connectivity index (χ1v) is 7.32. The number of amides is 1. The second kappa shape index (κ2) is 5.70. The zero-order chi connectivity index (χ0) is 14.8. The van der Waals surface area contributed by atoms with E-state index in [0.29, 0.717) is 0 Å². The average Bonchev–Trinajstić information content (AvgIpc) is 2.50. The Kier molecular flexibility index (Phi) is 3.76. The lowest BCUT2D eigenvalue weighted by atomic mass is 9.95. The monoisotopic (exact) mass is 280 g/mol. The van der Waals surface area contributed by atoms with Crippen molar-refractivity contribution in [2.45, 2.75) is 32.9 Å². The molecule has 2 aromatic carbocycles. The Labute approximate surface area is 125 Å². The van der Waals surface area contributed by atoms with Crippen molar-refractivity contribution in [1.29, 1.82) is 0 Å². The zero-order valence-corrected chi connectivity index (χ0v) is 12.4. The van der Waals surface area contributed by atoms with E-state index in [9.17, 15) is 4.79 Å². The van der Waals surface area contributed by atoms with Crippen LogP contribution < -0.4 is 10.6 Å². The highest BCUT2D eigenvalue weighted by Gasteiger charge is 2.24. The number of carbonyl (C=O) groups excluding carboxylic acids is 1. The average molecular weight is 280 g/mol. The minimum absolute atomic E-state index is 0.0400. The molecule has 0 saturated heterocycles. The van der Waals surface area contributed by atoms with E-state index in [-0.39, 0.29) is 11.9 Å². The van der Waals surface area contributed by atoms with Crippen molar-refractivity contribution in [1.82, 2.24) is 5.32 Å². The number of anilines is 1. The van der Waals surface area contributed by atoms with Gasteiger partial charge in [0, 0.05) is 12.2 Å². The molecular formula is C18H20N2O. The van der Waals surface area contributed by atoms with Crippen molar-refractivity contribution in [3.63, 3.8) is 0 Å². The zero-order valence-electron chi connectivity index (χ0n) is 12.4. The third kappa shape index (κ3) is 2.98. The highest BCUT2D eigenvalue weighted by Crippen LogP contribution is 2.19. The third-order valence-corrected chi connectivity index (χ3v) is 4.05. The first-order valence-electron chi connectivity index (χ1n) is 7.32. The number of hydrogen-bond acceptors (Lipinski definition) is 2. The van der Waals surface area contributed by atoms with E-state index < -0.39 is 0 Å². The van der Waals surface area contributed by atoms with E-state index >= 15 is 0 Å². The molecule has 1 atom stereocenters. The van der Waals surface area contributed by atoms with Gasteiger partial charge in [-0.15, -0.1) is 0 Å². The summed E-state index contributed by atoms with van der Waals surface area (Å²) < 4.78 is 0. The lowest BCUT2D eigenvalue weighted by Gasteiger charge is -2.25. The molecule has 2 N–H and O–H groups in total. The molecule has 3 nitrogen and oxygen atoms in total. The quantitative estimate of drug-likeness (QED) is 0.888. The molecular weight excluding hydrogens is 260 g/mol. The van der Waals surface area contributed by atoms with Gasteiger partial charge in [0.1, 0.15) is 0 Å². The predicted molar refractivity (Wildman–Crippen MR) is 85.3 cm³/mol. The molecule has 1 aliphatic rings. The van der Waals surface area contributed by atoms with Gasteiger partial charge in [-0.25, -0.2) is 0 Å². The molecule has 1 amide bonds. The van der Waals surface area contributed by atoms with Crippen LogP contribution in [0.1, 0.15) is 22.3 Å². The number of nitrogens with one attached hydrogen (secondary N) is 2. The summed E-state index contributed by atoms with van der Waals surface area (Å²) >= 11 is 0. The third-order valence-electron chi connectivity index (χ3n) is 4.05. The molecule has 0 fully saturated rings. The van der Waals surface area contributed by atoms with E-state index in [4.69, 9.17) is 0 Å². The van der Waals surface area contributed by atoms with Gasteiger partial charge >= 0.3 is 0 Å². The number of aryl methyl sites for hydroxylation is 2. The molecule has 1 heterocycles. The van der Waals surface area contributed by atoms with Gasteiger partial charge in [0.15, 0.2) is 0 Å². The van der Waals surface area contributed by atoms with Gasteiger partial charge in [0.05, 0.1) is 6.04 Å². The minimum Gasteiger partial charge on any atom is -0.324 e. The summed E-state index contributed by atoms with van der Waals surface area (Å²) in [5.74, 6) is 0.0400. The highest BCUT2D eigenvalue weighted by molar-refractivity contribution is 5.95. The predicted octanol–water partition coefficient (Wildman–Crippen LogP) is 2.96. The molecule has 1 aliphatic heterocycles. The van der Waals surface area contributed by atoms with Crippen LogP contribution in [-0.2, 0) is 17.8 Å². The van der Waals surface area contributed by atoms with E-state index in [2.05, 4.69) is 28.8 Å². The van der Waals surface area contributed by atoms with Gasteiger partial charge in [0.25, 0.3) is 0 Å². The molecule has 0 bridgehead atoms. The van der Waals surface area contributed by atoms with Crippen LogP contribution in [0.15, 0.2) is 42.5 Å². The van der Waals surface area contributed by atoms with Gasteiger partial charge in [-0.05, 0) is 48.6 Å². The summed E-state index contributed by atoms with van der Waals surface area (Å²) in [7, 11) is 0. The van der Waals surface area contributed by atoms with Crippen molar-refractivity contribution in [2.24, 2.45) is 0 Å². The second-order valence-electron chi connectivity index (χ2n) is 5.71. The van der Waals surface area contributed by atoms with Crippen LogP contribution in [0.25, 0.3) is 0 Å². The van der Waals surface area contributed by atoms with E-state index in [0.717, 1.165) is 29.8 Å². The first kappa shape index (κ1) is 13.8. The van der Waals surface area contributed by atoms with Crippen LogP contribution in [0.4, 0.5) is 5.69 Å². The molecule has 3 heteroatoms. The lowest BCUT2D eigenvalue weighted by Crippen LogP contribution is -2.44. The van der Waals surface area contributed by atoms with Crippen molar-refractivity contribution in [2.75, 3.05) is 5.32 Å². The van der Waals surface area contributed by atoms with Crippen LogP contribution >= 0.6 is 0 Å². The number of hydrogen-bond donors (Lipinski definition) is 2. The normalized spacial score (nSPS) is 17.1. The molecule has 21 heavy (non-hydrogen) atoms. The Bertz CT molecular complexity index is 679. The highest BCUT2D eigenvalue weighted by atomic mass is 16.2. The van der Waals surface area contributed by atoms with Crippen LogP contribution in [-0.4, -0.2) is 11.9 Å². The molecule has 2 aromatic rings. The topological polar surface area (TPSA) is 41.1 Å². The summed E-state index contributed by atoms with van der Waals surface area (Å²) in [5.41, 5.74) is 5.69. The standard InChI is InChI=1S/C18H20N2O/c1-12-7-8-13(2)16(9-12)20-18(21)17-10-14-5-3-4-6-15(14)11-19-17/h3-9,17,19H,10-11H2,1-2H3,(H,20,21)/t17-/m1/s1. The van der Waals surface area contributed by atoms with E-state index in [1.807, 2.05) is 38.1 Å². The Morgan fingerprint density at radius 1 is 1.14 bits per heavy atom. The first-order chi connectivity index (χ1) is 10.1. The van der Waals surface area contributed by atoms with E-state index in [1.54, 1.807) is 0 Å². The summed E-state index contributed by atoms with van der Waals surface area (Å²) in [4.78, 5) is 12.5. The Morgan fingerprint density at radius 2 is 1.90 bits per heavy atom. The summed E-state index contributed by atoms with van der Waals surface area (Å²) in [6.07, 6.45) is 0.743. The number of carbonyl (C=O) groups is 1. The molecule has 0 aliphatic carbocycles. The van der Waals surface area contributed by atoms with Crippen LogP contribution in [0.2, 0.25) is 0 Å². The molecule has 108 valence electrons. The van der Waals surface area contributed by atoms with Crippen molar-refractivity contribution in [3.8, 4) is 0 Å². The maximum atomic E-state index is 12.5. The van der Waals surface area contributed by atoms with Crippen molar-refractivity contribution < 1.29 is 4.79 Å². The lowest BCUT2D eigenvalue weighted by molar-refractivity contribution is -0.118. The second-order valence-corrected chi connectivity index (χ2v) is 5.71. The van der Waals surface area contributed by atoms with Gasteiger partial charge in [-0.3, -0.25) is 4.79 Å². The van der Waals surface area contributed by atoms with Gasteiger partial charge < -0.3 is 10.6 Å². The van der Waals surface area contributed by atoms with E-state index in [1.165, 1.54) is 11.1 Å². The molecule has 0 unspecified atom stereocenters. The summed E-state index contributed by atoms with van der Waals surface area (Å²) in [6, 6.07) is 14.2. The maximum absolute atomic E-state index is 12.5. The Hall–Kier alpha value is -2.13. The Morgan fingerprint density at radius 3 is 2.71 bits per heavy atom. The number of rotatable bonds is 2. The fourth-order valence-electron chi connectivity index (χ4n) is 2.73. The van der Waals surface area contributed by atoms with Crippen LogP contribution in [0.5, 0.6) is 0 Å². The largest absolute Gasteiger partial charge is 0.324 e. The SMILES string of the molecule is Cc1ccc(C)c(NC(=O)[C@H]2Cc3ccccc3CN2)c1. The fourth-order valence-corrected chi connectivity index (χ4v) is 2.73. The summed E-state index contributed by atoms with van der Waals surface area (Å²) in [5, 5.41) is 6.37. The molecule has 0 radical (unpaired) electrons. The molecule has 0 aromatic heterocycles.